The van der Waals surface area contributed by atoms with E-state index in [-0.39, 0.29) is 5.41 Å². The highest BCUT2D eigenvalue weighted by Gasteiger charge is 2.31. The first-order valence-electron chi connectivity index (χ1n) is 6.93. The van der Waals surface area contributed by atoms with E-state index < -0.39 is 0 Å². The highest BCUT2D eigenvalue weighted by atomic mass is 14.3. The summed E-state index contributed by atoms with van der Waals surface area (Å²) in [5, 5.41) is 0. The summed E-state index contributed by atoms with van der Waals surface area (Å²) in [7, 11) is 0. The summed E-state index contributed by atoms with van der Waals surface area (Å²) < 4.78 is 0. The molecule has 0 amide bonds. The van der Waals surface area contributed by atoms with Crippen LogP contribution in [0.2, 0.25) is 0 Å². The van der Waals surface area contributed by atoms with Gasteiger partial charge in [-0.3, -0.25) is 0 Å². The van der Waals surface area contributed by atoms with Gasteiger partial charge in [-0.15, -0.1) is 0 Å². The van der Waals surface area contributed by atoms with E-state index in [1.165, 1.54) is 44.1 Å². The monoisotopic (exact) mass is 219 g/mol. The van der Waals surface area contributed by atoms with E-state index >= 15 is 0 Å². The molecule has 0 heteroatoms. The van der Waals surface area contributed by atoms with E-state index in [9.17, 15) is 0 Å². The lowest BCUT2D eigenvalue weighted by Gasteiger charge is -2.21. The molecule has 0 bridgehead atoms. The molecule has 0 aromatic carbocycles. The van der Waals surface area contributed by atoms with Crippen LogP contribution in [0.25, 0.3) is 0 Å². The number of hydrogen-bond donors (Lipinski definition) is 0. The summed E-state index contributed by atoms with van der Waals surface area (Å²) >= 11 is 0. The molecule has 0 fully saturated rings. The van der Waals surface area contributed by atoms with Crippen molar-refractivity contribution in [1.82, 2.24) is 0 Å². The van der Waals surface area contributed by atoms with Gasteiger partial charge < -0.3 is 0 Å². The van der Waals surface area contributed by atoms with E-state index in [0.717, 1.165) is 0 Å². The largest absolute Gasteiger partial charge is 0.0651 e. The highest BCUT2D eigenvalue weighted by molar-refractivity contribution is 5.44. The molecule has 91 valence electrons. The van der Waals surface area contributed by atoms with Gasteiger partial charge in [0.05, 0.1) is 0 Å². The zero-order valence-electron chi connectivity index (χ0n) is 11.7. The third-order valence-corrected chi connectivity index (χ3v) is 3.45. The van der Waals surface area contributed by atoms with Crippen LogP contribution in [0.4, 0.5) is 0 Å². The molecule has 1 radical (unpaired) electrons. The van der Waals surface area contributed by atoms with Gasteiger partial charge in [-0.2, -0.15) is 0 Å². The van der Waals surface area contributed by atoms with Crippen LogP contribution in [-0.2, 0) is 0 Å². The minimum absolute atomic E-state index is 0.199. The second-order valence-corrected chi connectivity index (χ2v) is 5.44. The summed E-state index contributed by atoms with van der Waals surface area (Å²) in [6.45, 7) is 11.5. The fourth-order valence-corrected chi connectivity index (χ4v) is 2.82. The van der Waals surface area contributed by atoms with Crippen molar-refractivity contribution in [2.75, 3.05) is 0 Å². The second kappa shape index (κ2) is 5.70. The van der Waals surface area contributed by atoms with Gasteiger partial charge in [-0.1, -0.05) is 59.5 Å². The molecule has 0 aromatic rings. The second-order valence-electron chi connectivity index (χ2n) is 5.44. The van der Waals surface area contributed by atoms with Crippen molar-refractivity contribution in [2.45, 2.75) is 73.1 Å². The summed E-state index contributed by atoms with van der Waals surface area (Å²) in [4.78, 5) is 0. The van der Waals surface area contributed by atoms with Crippen LogP contribution >= 0.6 is 0 Å². The van der Waals surface area contributed by atoms with Crippen LogP contribution in [-0.4, -0.2) is 0 Å². The predicted octanol–water partition coefficient (Wildman–Crippen LogP) is 5.45. The fraction of sp³-hybridized carbons (Fsp3) is 0.750. The van der Waals surface area contributed by atoms with Crippen LogP contribution in [0.3, 0.4) is 0 Å². The molecule has 0 unspecified atom stereocenters. The predicted molar refractivity (Wildman–Crippen MR) is 72.3 cm³/mol. The van der Waals surface area contributed by atoms with Crippen molar-refractivity contribution in [3.63, 3.8) is 0 Å². The summed E-state index contributed by atoms with van der Waals surface area (Å²) in [6.07, 6.45) is 11.2. The molecule has 0 aromatic heterocycles. The van der Waals surface area contributed by atoms with Crippen molar-refractivity contribution in [2.24, 2.45) is 5.41 Å². The van der Waals surface area contributed by atoms with Crippen molar-refractivity contribution >= 4 is 0 Å². The quantitative estimate of drug-likeness (QED) is 0.557. The van der Waals surface area contributed by atoms with Crippen LogP contribution in [0.15, 0.2) is 16.7 Å². The Morgan fingerprint density at radius 2 is 1.44 bits per heavy atom. The first kappa shape index (κ1) is 13.5. The van der Waals surface area contributed by atoms with Gasteiger partial charge in [0.15, 0.2) is 0 Å². The van der Waals surface area contributed by atoms with Crippen molar-refractivity contribution in [3.8, 4) is 0 Å². The lowest BCUT2D eigenvalue weighted by molar-refractivity contribution is 0.536. The van der Waals surface area contributed by atoms with Crippen molar-refractivity contribution < 1.29 is 0 Å². The Labute approximate surface area is 102 Å². The van der Waals surface area contributed by atoms with E-state index in [1.54, 1.807) is 11.1 Å². The zero-order valence-corrected chi connectivity index (χ0v) is 11.7. The fourth-order valence-electron chi connectivity index (χ4n) is 2.82. The molecule has 1 rings (SSSR count). The molecular formula is C16H27. The highest BCUT2D eigenvalue weighted by Crippen LogP contribution is 2.45. The molecule has 0 nitrogen and oxygen atoms in total. The van der Waals surface area contributed by atoms with E-state index in [0.29, 0.717) is 0 Å². The molecule has 0 N–H and O–H groups in total. The van der Waals surface area contributed by atoms with Crippen molar-refractivity contribution in [3.05, 3.63) is 22.8 Å². The average Bonchev–Trinajstić information content (AvgIpc) is 2.43. The topological polar surface area (TPSA) is 0 Å². The van der Waals surface area contributed by atoms with Crippen LogP contribution < -0.4 is 0 Å². The van der Waals surface area contributed by atoms with Gasteiger partial charge in [-0.05, 0) is 36.5 Å². The Kier molecular flexibility index (Phi) is 4.83. The standard InChI is InChI=1S/C16H27/c1-6-9-13-12-16(4,5)15(11-8-3)14(13)10-7-2/h6-11H2,1-5H3. The van der Waals surface area contributed by atoms with Gasteiger partial charge in [0, 0.05) is 5.41 Å². The lowest BCUT2D eigenvalue weighted by atomic mass is 9.83. The molecule has 0 spiro atoms. The molecule has 0 aliphatic heterocycles. The normalized spacial score (nSPS) is 19.2. The Morgan fingerprint density at radius 3 is 1.94 bits per heavy atom. The van der Waals surface area contributed by atoms with E-state index in [4.69, 9.17) is 0 Å². The SMILES string of the molecule is CCCC1=[C]C(C)(C)C(CCC)=C1CCC. The molecule has 1 aliphatic carbocycles. The maximum absolute atomic E-state index is 3.74. The minimum Gasteiger partial charge on any atom is -0.0651 e. The van der Waals surface area contributed by atoms with Crippen LogP contribution in [0.1, 0.15) is 73.1 Å². The molecule has 0 heterocycles. The Bertz CT molecular complexity index is 289. The molecule has 0 atom stereocenters. The third kappa shape index (κ3) is 2.78. The number of allylic oxidation sites excluding steroid dienone is 4. The molecule has 1 aliphatic rings. The smallest absolute Gasteiger partial charge is 0.0117 e. The van der Waals surface area contributed by atoms with Gasteiger partial charge in [0.25, 0.3) is 0 Å². The molecule has 0 saturated heterocycles. The average molecular weight is 219 g/mol. The summed E-state index contributed by atoms with van der Waals surface area (Å²) in [5.41, 5.74) is 5.04. The van der Waals surface area contributed by atoms with Gasteiger partial charge >= 0.3 is 0 Å². The Balaban J connectivity index is 3.02. The minimum atomic E-state index is 0.199. The Morgan fingerprint density at radius 1 is 0.875 bits per heavy atom. The van der Waals surface area contributed by atoms with E-state index in [2.05, 4.69) is 40.7 Å². The van der Waals surface area contributed by atoms with Gasteiger partial charge in [0.2, 0.25) is 0 Å². The molecule has 0 saturated carbocycles. The maximum atomic E-state index is 3.74. The molecule has 16 heavy (non-hydrogen) atoms. The third-order valence-electron chi connectivity index (χ3n) is 3.45. The lowest BCUT2D eigenvalue weighted by Crippen LogP contribution is -2.09. The summed E-state index contributed by atoms with van der Waals surface area (Å²) in [5.74, 6) is 0. The summed E-state index contributed by atoms with van der Waals surface area (Å²) in [6, 6.07) is 0. The van der Waals surface area contributed by atoms with Crippen molar-refractivity contribution in [1.29, 1.82) is 0 Å². The zero-order chi connectivity index (χ0) is 12.2. The Hall–Kier alpha value is -0.520. The first-order chi connectivity index (χ1) is 7.56. The van der Waals surface area contributed by atoms with Crippen LogP contribution in [0.5, 0.6) is 0 Å². The number of hydrogen-bond acceptors (Lipinski definition) is 0. The van der Waals surface area contributed by atoms with Gasteiger partial charge in [-0.25, -0.2) is 0 Å². The first-order valence-corrected chi connectivity index (χ1v) is 6.93. The number of rotatable bonds is 6. The molecular weight excluding hydrogens is 192 g/mol. The maximum Gasteiger partial charge on any atom is 0.0117 e. The van der Waals surface area contributed by atoms with Gasteiger partial charge in [0.1, 0.15) is 0 Å². The van der Waals surface area contributed by atoms with E-state index in [1.807, 2.05) is 0 Å². The van der Waals surface area contributed by atoms with Crippen LogP contribution in [0, 0.1) is 11.5 Å².